The van der Waals surface area contributed by atoms with Crippen LogP contribution in [0.15, 0.2) is 0 Å². The number of nitrogens with two attached hydrogens (primary N) is 2. The molecule has 2 rings (SSSR count). The highest BCUT2D eigenvalue weighted by Gasteiger charge is 2.62. The number of rotatable bonds is 5. The summed E-state index contributed by atoms with van der Waals surface area (Å²) in [5, 5.41) is 19.1. The average molecular weight is 353 g/mol. The minimum absolute atomic E-state index is 0.154. The Morgan fingerprint density at radius 3 is 2.23 bits per heavy atom. The maximum absolute atomic E-state index is 9.91. The van der Waals surface area contributed by atoms with E-state index in [1.54, 1.807) is 0 Å². The molecule has 0 spiro atoms. The van der Waals surface area contributed by atoms with Crippen LogP contribution in [0.1, 0.15) is 64.2 Å². The Morgan fingerprint density at radius 1 is 1.05 bits per heavy atom. The highest BCUT2D eigenvalue weighted by atomic mass is 35.5. The molecule has 0 aromatic rings. The van der Waals surface area contributed by atoms with E-state index < -0.39 is 21.5 Å². The molecule has 0 aromatic heterocycles. The molecule has 0 heterocycles. The molecule has 0 aromatic carbocycles. The van der Waals surface area contributed by atoms with Crippen molar-refractivity contribution in [2.24, 2.45) is 17.4 Å². The predicted octanol–water partition coefficient (Wildman–Crippen LogP) is 2.45. The van der Waals surface area contributed by atoms with Gasteiger partial charge in [0.15, 0.2) is 0 Å². The molecule has 2 fully saturated rings. The Labute approximate surface area is 143 Å². The quantitative estimate of drug-likeness (QED) is 0.451. The van der Waals surface area contributed by atoms with Crippen LogP contribution in [0.25, 0.3) is 0 Å². The number of halogens is 2. The molecule has 0 aliphatic heterocycles. The molecule has 2 aliphatic carbocycles. The van der Waals surface area contributed by atoms with E-state index in [1.807, 2.05) is 0 Å². The van der Waals surface area contributed by atoms with Gasteiger partial charge in [-0.3, -0.25) is 0 Å². The molecule has 6 heteroatoms. The Hall–Kier alpha value is 0.420. The standard InChI is InChI=1S/C16H30Cl2N2O2/c17-14(10-13(22)11-21)8-4-5-9-15(14,18)16(19,20)12-6-2-1-3-7-12/h12-13,21-22H,1-11,19-20H2. The molecule has 6 N–H and O–H groups in total. The van der Waals surface area contributed by atoms with Crippen molar-refractivity contribution in [1.82, 2.24) is 0 Å². The summed E-state index contributed by atoms with van der Waals surface area (Å²) >= 11 is 13.9. The van der Waals surface area contributed by atoms with Crippen LogP contribution in [0.2, 0.25) is 0 Å². The number of aliphatic hydroxyl groups is 2. The largest absolute Gasteiger partial charge is 0.394 e. The Morgan fingerprint density at radius 2 is 1.64 bits per heavy atom. The van der Waals surface area contributed by atoms with Crippen molar-refractivity contribution >= 4 is 23.2 Å². The van der Waals surface area contributed by atoms with Gasteiger partial charge in [0.1, 0.15) is 0 Å². The maximum atomic E-state index is 9.91. The summed E-state index contributed by atoms with van der Waals surface area (Å²) in [6, 6.07) is 0. The summed E-state index contributed by atoms with van der Waals surface area (Å²) in [6.07, 6.45) is 7.97. The zero-order chi connectivity index (χ0) is 16.4. The molecular formula is C16H30Cl2N2O2. The van der Waals surface area contributed by atoms with Crippen molar-refractivity contribution in [3.05, 3.63) is 0 Å². The van der Waals surface area contributed by atoms with Crippen molar-refractivity contribution in [3.8, 4) is 0 Å². The Kier molecular flexibility index (Phi) is 6.07. The SMILES string of the molecule is NC(N)(C1CCCCC1)C1(Cl)CCCCC1(Cl)CC(O)CO. The molecule has 4 nitrogen and oxygen atoms in total. The van der Waals surface area contributed by atoms with Crippen LogP contribution in [0.3, 0.4) is 0 Å². The lowest BCUT2D eigenvalue weighted by Gasteiger charge is -2.57. The van der Waals surface area contributed by atoms with E-state index in [-0.39, 0.29) is 18.9 Å². The first-order valence-electron chi connectivity index (χ1n) is 8.51. The minimum Gasteiger partial charge on any atom is -0.394 e. The topological polar surface area (TPSA) is 92.5 Å². The van der Waals surface area contributed by atoms with Gasteiger partial charge in [0.25, 0.3) is 0 Å². The molecular weight excluding hydrogens is 323 g/mol. The molecule has 0 radical (unpaired) electrons. The lowest BCUT2D eigenvalue weighted by Crippen LogP contribution is -2.75. The van der Waals surface area contributed by atoms with Gasteiger partial charge in [0.05, 0.1) is 28.1 Å². The van der Waals surface area contributed by atoms with E-state index in [9.17, 15) is 10.2 Å². The van der Waals surface area contributed by atoms with E-state index in [4.69, 9.17) is 34.7 Å². The third-order valence-corrected chi connectivity index (χ3v) is 7.43. The zero-order valence-electron chi connectivity index (χ0n) is 13.2. The number of aliphatic hydroxyl groups excluding tert-OH is 2. The molecule has 130 valence electrons. The first-order valence-corrected chi connectivity index (χ1v) is 9.27. The molecule has 22 heavy (non-hydrogen) atoms. The minimum atomic E-state index is -1.06. The zero-order valence-corrected chi connectivity index (χ0v) is 14.7. The molecule has 2 saturated carbocycles. The summed E-state index contributed by atoms with van der Waals surface area (Å²) in [7, 11) is 0. The Balaban J connectivity index is 2.28. The smallest absolute Gasteiger partial charge is 0.0949 e. The highest BCUT2D eigenvalue weighted by molar-refractivity contribution is 6.35. The van der Waals surface area contributed by atoms with Gasteiger partial charge in [0.2, 0.25) is 0 Å². The Bertz CT molecular complexity index is 370. The summed E-state index contributed by atoms with van der Waals surface area (Å²) in [6.45, 7) is -0.326. The fraction of sp³-hybridized carbons (Fsp3) is 1.00. The summed E-state index contributed by atoms with van der Waals surface area (Å²) < 4.78 is 0. The van der Waals surface area contributed by atoms with E-state index in [0.29, 0.717) is 12.8 Å². The predicted molar refractivity (Wildman–Crippen MR) is 91.0 cm³/mol. The van der Waals surface area contributed by atoms with Gasteiger partial charge in [-0.2, -0.15) is 0 Å². The van der Waals surface area contributed by atoms with Gasteiger partial charge in [-0.05, 0) is 38.0 Å². The monoisotopic (exact) mass is 352 g/mol. The van der Waals surface area contributed by atoms with Gasteiger partial charge in [-0.15, -0.1) is 23.2 Å². The molecule has 3 atom stereocenters. The number of hydrogen-bond acceptors (Lipinski definition) is 4. The van der Waals surface area contributed by atoms with Gasteiger partial charge in [0, 0.05) is 0 Å². The van der Waals surface area contributed by atoms with Crippen molar-refractivity contribution < 1.29 is 10.2 Å². The second kappa shape index (κ2) is 7.12. The summed E-state index contributed by atoms with van der Waals surface area (Å²) in [5.74, 6) is 0.154. The maximum Gasteiger partial charge on any atom is 0.0949 e. The van der Waals surface area contributed by atoms with Crippen LogP contribution in [-0.2, 0) is 0 Å². The van der Waals surface area contributed by atoms with Crippen LogP contribution < -0.4 is 11.5 Å². The second-order valence-corrected chi connectivity index (χ2v) is 8.65. The van der Waals surface area contributed by atoms with E-state index in [0.717, 1.165) is 38.5 Å². The molecule has 2 aliphatic rings. The lowest BCUT2D eigenvalue weighted by molar-refractivity contribution is 0.0421. The average Bonchev–Trinajstić information content (AvgIpc) is 2.51. The lowest BCUT2D eigenvalue weighted by atomic mass is 9.63. The van der Waals surface area contributed by atoms with Crippen LogP contribution in [0.5, 0.6) is 0 Å². The number of hydrogen-bond donors (Lipinski definition) is 4. The molecule has 0 saturated heterocycles. The fourth-order valence-corrected chi connectivity index (χ4v) is 5.44. The van der Waals surface area contributed by atoms with Gasteiger partial charge in [-0.1, -0.05) is 32.1 Å². The third kappa shape index (κ3) is 3.28. The van der Waals surface area contributed by atoms with Crippen molar-refractivity contribution in [2.75, 3.05) is 6.61 Å². The normalized spacial score (nSPS) is 36.3. The fourth-order valence-electron chi connectivity index (χ4n) is 4.41. The van der Waals surface area contributed by atoms with Gasteiger partial charge in [-0.25, -0.2) is 0 Å². The third-order valence-electron chi connectivity index (χ3n) is 5.79. The van der Waals surface area contributed by atoms with E-state index in [1.165, 1.54) is 6.42 Å². The van der Waals surface area contributed by atoms with Gasteiger partial charge >= 0.3 is 0 Å². The van der Waals surface area contributed by atoms with Crippen LogP contribution in [0.4, 0.5) is 0 Å². The molecule has 0 bridgehead atoms. The van der Waals surface area contributed by atoms with Gasteiger partial charge < -0.3 is 21.7 Å². The van der Waals surface area contributed by atoms with Crippen molar-refractivity contribution in [3.63, 3.8) is 0 Å². The second-order valence-electron chi connectivity index (χ2n) is 7.28. The molecule has 3 unspecified atom stereocenters. The van der Waals surface area contributed by atoms with E-state index >= 15 is 0 Å². The highest BCUT2D eigenvalue weighted by Crippen LogP contribution is 2.55. The van der Waals surface area contributed by atoms with Crippen molar-refractivity contribution in [2.45, 2.75) is 85.7 Å². The summed E-state index contributed by atoms with van der Waals surface area (Å²) in [4.78, 5) is -1.84. The first-order chi connectivity index (χ1) is 10.3. The number of alkyl halides is 2. The van der Waals surface area contributed by atoms with Crippen molar-refractivity contribution in [1.29, 1.82) is 0 Å². The first kappa shape index (κ1) is 18.8. The molecule has 0 amide bonds. The van der Waals surface area contributed by atoms with Crippen LogP contribution >= 0.6 is 23.2 Å². The summed E-state index contributed by atoms with van der Waals surface area (Å²) in [5.41, 5.74) is 12.2. The van der Waals surface area contributed by atoms with E-state index in [2.05, 4.69) is 0 Å². The van der Waals surface area contributed by atoms with Crippen LogP contribution in [0, 0.1) is 5.92 Å². The van der Waals surface area contributed by atoms with Crippen LogP contribution in [-0.4, -0.2) is 38.3 Å².